The van der Waals surface area contributed by atoms with Crippen molar-refractivity contribution in [2.45, 2.75) is 24.7 Å². The first-order valence-electron chi connectivity index (χ1n) is 13.3. The van der Waals surface area contributed by atoms with Gasteiger partial charge in [-0.2, -0.15) is 0 Å². The summed E-state index contributed by atoms with van der Waals surface area (Å²) >= 11 is 0. The number of methoxy groups -OCH3 is 4. The summed E-state index contributed by atoms with van der Waals surface area (Å²) in [7, 11) is 6.28. The maximum atomic E-state index is 11.2. The molecule has 0 radical (unpaired) electrons. The van der Waals surface area contributed by atoms with E-state index in [4.69, 9.17) is 18.9 Å². The average Bonchev–Trinajstić information content (AvgIpc) is 3.02. The molecule has 220 valence electrons. The second kappa shape index (κ2) is 15.7. The summed E-state index contributed by atoms with van der Waals surface area (Å²) in [6, 6.07) is 30.2. The Morgan fingerprint density at radius 1 is 0.500 bits per heavy atom. The van der Waals surface area contributed by atoms with Gasteiger partial charge in [-0.15, -0.1) is 0 Å². The second-order valence-corrected chi connectivity index (χ2v) is 9.35. The molecule has 8 heteroatoms. The summed E-state index contributed by atoms with van der Waals surface area (Å²) in [6.07, 6.45) is 0.0546. The lowest BCUT2D eigenvalue weighted by atomic mass is 9.88. The van der Waals surface area contributed by atoms with Crippen molar-refractivity contribution in [1.82, 2.24) is 0 Å². The number of rotatable bonds is 12. The van der Waals surface area contributed by atoms with Gasteiger partial charge < -0.3 is 29.2 Å². The fourth-order valence-electron chi connectivity index (χ4n) is 4.72. The van der Waals surface area contributed by atoms with Crippen LogP contribution >= 0.6 is 0 Å². The van der Waals surface area contributed by atoms with Crippen molar-refractivity contribution >= 4 is 11.9 Å². The van der Waals surface area contributed by atoms with Gasteiger partial charge in [-0.3, -0.25) is 9.59 Å². The highest BCUT2D eigenvalue weighted by Crippen LogP contribution is 2.36. The molecule has 2 atom stereocenters. The van der Waals surface area contributed by atoms with Crippen molar-refractivity contribution in [2.75, 3.05) is 28.4 Å². The predicted molar refractivity (Wildman–Crippen MR) is 160 cm³/mol. The Hall–Kier alpha value is -4.98. The van der Waals surface area contributed by atoms with Gasteiger partial charge in [0, 0.05) is 11.8 Å². The Morgan fingerprint density at radius 3 is 1.12 bits per heavy atom. The summed E-state index contributed by atoms with van der Waals surface area (Å²) in [4.78, 5) is 22.4. The highest BCUT2D eigenvalue weighted by Gasteiger charge is 2.20. The Morgan fingerprint density at radius 2 is 0.833 bits per heavy atom. The van der Waals surface area contributed by atoms with Crippen LogP contribution in [0.5, 0.6) is 23.0 Å². The van der Waals surface area contributed by atoms with Crippen LogP contribution in [-0.4, -0.2) is 50.6 Å². The summed E-state index contributed by atoms with van der Waals surface area (Å²) in [6.45, 7) is 0. The van der Waals surface area contributed by atoms with Gasteiger partial charge in [-0.05, 0) is 46.5 Å². The van der Waals surface area contributed by atoms with Crippen LogP contribution in [0.1, 0.15) is 46.9 Å². The number of carboxylic acids is 2. The van der Waals surface area contributed by atoms with Gasteiger partial charge in [0.2, 0.25) is 0 Å². The smallest absolute Gasteiger partial charge is 0.304 e. The van der Waals surface area contributed by atoms with Gasteiger partial charge in [-0.1, -0.05) is 72.8 Å². The van der Waals surface area contributed by atoms with Gasteiger partial charge in [0.05, 0.1) is 41.3 Å². The summed E-state index contributed by atoms with van der Waals surface area (Å²) < 4.78 is 21.0. The first-order valence-corrected chi connectivity index (χ1v) is 13.3. The largest absolute Gasteiger partial charge is 0.493 e. The Balaban J connectivity index is 0.000000230. The van der Waals surface area contributed by atoms with Gasteiger partial charge >= 0.3 is 11.9 Å². The van der Waals surface area contributed by atoms with E-state index in [1.165, 1.54) is 0 Å². The number of aliphatic carboxylic acids is 2. The van der Waals surface area contributed by atoms with E-state index < -0.39 is 11.9 Å². The molecule has 2 unspecified atom stereocenters. The minimum atomic E-state index is -0.835. The molecule has 0 amide bonds. The van der Waals surface area contributed by atoms with Crippen LogP contribution in [0.25, 0.3) is 0 Å². The number of carboxylic acid groups (broad SMARTS) is 2. The van der Waals surface area contributed by atoms with Crippen LogP contribution in [0.3, 0.4) is 0 Å². The number of hydrogen-bond donors (Lipinski definition) is 2. The number of ether oxygens (including phenoxy) is 4. The molecule has 0 saturated heterocycles. The SMILES string of the molecule is COc1ccc(C(CC(=O)O)c2ccccc2)cc1OC.COc1ccc(C(CC(=O)O)c2ccccc2)cc1OC. The normalized spacial score (nSPS) is 11.7. The maximum Gasteiger partial charge on any atom is 0.304 e. The Bertz CT molecular complexity index is 1330. The minimum absolute atomic E-state index is 0.0273. The first kappa shape index (κ1) is 31.5. The molecule has 8 nitrogen and oxygen atoms in total. The zero-order valence-corrected chi connectivity index (χ0v) is 24.2. The van der Waals surface area contributed by atoms with E-state index in [9.17, 15) is 19.8 Å². The second-order valence-electron chi connectivity index (χ2n) is 9.35. The highest BCUT2D eigenvalue weighted by atomic mass is 16.5. The van der Waals surface area contributed by atoms with Crippen LogP contribution < -0.4 is 18.9 Å². The third-order valence-electron chi connectivity index (χ3n) is 6.78. The minimum Gasteiger partial charge on any atom is -0.493 e. The first-order chi connectivity index (χ1) is 20.3. The lowest BCUT2D eigenvalue weighted by Crippen LogP contribution is -2.08. The number of carbonyl (C=O) groups is 2. The molecular formula is C34H36O8. The molecular weight excluding hydrogens is 536 g/mol. The summed E-state index contributed by atoms with van der Waals surface area (Å²) in [5.41, 5.74) is 3.71. The van der Waals surface area contributed by atoms with Crippen molar-refractivity contribution in [3.8, 4) is 23.0 Å². The van der Waals surface area contributed by atoms with Gasteiger partial charge in [0.25, 0.3) is 0 Å². The molecule has 0 aromatic heterocycles. The van der Waals surface area contributed by atoms with E-state index in [1.807, 2.05) is 84.9 Å². The van der Waals surface area contributed by atoms with Crippen LogP contribution in [0.4, 0.5) is 0 Å². The van der Waals surface area contributed by atoms with Crippen molar-refractivity contribution in [3.63, 3.8) is 0 Å². The molecule has 4 aromatic carbocycles. The molecule has 4 aromatic rings. The molecule has 0 aliphatic carbocycles. The van der Waals surface area contributed by atoms with E-state index in [0.29, 0.717) is 23.0 Å². The molecule has 0 bridgehead atoms. The molecule has 0 aliphatic rings. The van der Waals surface area contributed by atoms with Crippen LogP contribution in [-0.2, 0) is 9.59 Å². The molecule has 42 heavy (non-hydrogen) atoms. The molecule has 4 rings (SSSR count). The summed E-state index contributed by atoms with van der Waals surface area (Å²) in [5.74, 6) is 0.346. The molecule has 0 heterocycles. The average molecular weight is 573 g/mol. The van der Waals surface area contributed by atoms with E-state index in [0.717, 1.165) is 22.3 Å². The zero-order chi connectivity index (χ0) is 30.5. The van der Waals surface area contributed by atoms with E-state index in [2.05, 4.69) is 0 Å². The highest BCUT2D eigenvalue weighted by molar-refractivity contribution is 5.70. The Kier molecular flexibility index (Phi) is 11.8. The maximum absolute atomic E-state index is 11.2. The van der Waals surface area contributed by atoms with Crippen molar-refractivity contribution in [2.24, 2.45) is 0 Å². The lowest BCUT2D eigenvalue weighted by molar-refractivity contribution is -0.138. The lowest BCUT2D eigenvalue weighted by Gasteiger charge is -2.18. The monoisotopic (exact) mass is 572 g/mol. The topological polar surface area (TPSA) is 112 Å². The fraction of sp³-hybridized carbons (Fsp3) is 0.235. The number of benzene rings is 4. The van der Waals surface area contributed by atoms with E-state index in [1.54, 1.807) is 40.6 Å². The van der Waals surface area contributed by atoms with Crippen LogP contribution in [0.2, 0.25) is 0 Å². The molecule has 0 saturated carbocycles. The molecule has 0 fully saturated rings. The number of hydrogen-bond acceptors (Lipinski definition) is 6. The van der Waals surface area contributed by atoms with Gasteiger partial charge in [-0.25, -0.2) is 0 Å². The third kappa shape index (κ3) is 8.51. The fourth-order valence-corrected chi connectivity index (χ4v) is 4.72. The standard InChI is InChI=1S/2C17H18O4/c2*1-20-15-9-8-13(10-16(15)21-2)14(11-17(18)19)12-6-4-3-5-7-12/h2*3-10,14H,11H2,1-2H3,(H,18,19). The van der Waals surface area contributed by atoms with Crippen molar-refractivity contribution in [1.29, 1.82) is 0 Å². The summed E-state index contributed by atoms with van der Waals surface area (Å²) in [5, 5.41) is 18.4. The van der Waals surface area contributed by atoms with E-state index in [-0.39, 0.29) is 24.7 Å². The predicted octanol–water partition coefficient (Wildman–Crippen LogP) is 6.62. The molecule has 0 aliphatic heterocycles. The van der Waals surface area contributed by atoms with Crippen LogP contribution in [0, 0.1) is 0 Å². The van der Waals surface area contributed by atoms with Gasteiger partial charge in [0.15, 0.2) is 23.0 Å². The van der Waals surface area contributed by atoms with Crippen molar-refractivity contribution in [3.05, 3.63) is 119 Å². The molecule has 0 spiro atoms. The van der Waals surface area contributed by atoms with Gasteiger partial charge in [0.1, 0.15) is 0 Å². The molecule has 2 N–H and O–H groups in total. The third-order valence-corrected chi connectivity index (χ3v) is 6.78. The zero-order valence-electron chi connectivity index (χ0n) is 24.2. The van der Waals surface area contributed by atoms with Crippen molar-refractivity contribution < 1.29 is 38.7 Å². The Labute approximate surface area is 246 Å². The quantitative estimate of drug-likeness (QED) is 0.195. The van der Waals surface area contributed by atoms with E-state index >= 15 is 0 Å². The van der Waals surface area contributed by atoms with Crippen LogP contribution in [0.15, 0.2) is 97.1 Å².